The van der Waals surface area contributed by atoms with Gasteiger partial charge in [0, 0.05) is 35.3 Å². The molecule has 1 N–H and O–H groups in total. The molecule has 0 aromatic heterocycles. The van der Waals surface area contributed by atoms with E-state index in [-0.39, 0.29) is 29.6 Å². The topological polar surface area (TPSA) is 49.4 Å². The zero-order valence-electron chi connectivity index (χ0n) is 18.6. The Hall–Kier alpha value is -3.47. The van der Waals surface area contributed by atoms with Gasteiger partial charge in [-0.25, -0.2) is 4.39 Å². The molecule has 3 aromatic carbocycles. The summed E-state index contributed by atoms with van der Waals surface area (Å²) in [5.74, 6) is -0.507. The van der Waals surface area contributed by atoms with Crippen molar-refractivity contribution in [1.29, 1.82) is 0 Å². The van der Waals surface area contributed by atoms with Crippen molar-refractivity contribution in [1.82, 2.24) is 0 Å². The van der Waals surface area contributed by atoms with Gasteiger partial charge in [-0.05, 0) is 67.8 Å². The Bertz CT molecular complexity index is 1160. The first-order valence-electron chi connectivity index (χ1n) is 11.0. The number of carbonyl (C=O) groups is 2. The third-order valence-corrected chi connectivity index (χ3v) is 6.08. The molecule has 4 nitrogen and oxygen atoms in total. The van der Waals surface area contributed by atoms with Gasteiger partial charge < -0.3 is 10.2 Å². The van der Waals surface area contributed by atoms with E-state index in [0.29, 0.717) is 18.4 Å². The summed E-state index contributed by atoms with van der Waals surface area (Å²) < 4.78 is 13.4. The van der Waals surface area contributed by atoms with Crippen LogP contribution in [0.15, 0.2) is 66.7 Å². The van der Waals surface area contributed by atoms with E-state index in [1.54, 1.807) is 4.90 Å². The predicted octanol–water partition coefficient (Wildman–Crippen LogP) is 6.05. The van der Waals surface area contributed by atoms with Crippen LogP contribution in [0.2, 0.25) is 0 Å². The number of fused-ring (bicyclic) bond motifs is 1. The molecule has 3 aromatic rings. The van der Waals surface area contributed by atoms with Gasteiger partial charge >= 0.3 is 0 Å². The maximum Gasteiger partial charge on any atom is 0.258 e. The highest BCUT2D eigenvalue weighted by Gasteiger charge is 2.35. The van der Waals surface area contributed by atoms with Gasteiger partial charge in [-0.2, -0.15) is 0 Å². The molecule has 5 heteroatoms. The molecule has 1 heterocycles. The van der Waals surface area contributed by atoms with Crippen molar-refractivity contribution < 1.29 is 14.0 Å². The van der Waals surface area contributed by atoms with Crippen LogP contribution in [0, 0.1) is 12.7 Å². The standard InChI is InChI=1S/C27H27FN2O2/c1-4-26(31)29-24-14-9-17(2)15-23(24)22-16-18(3)30(25-8-6-5-7-21(22)25)27(32)19-10-12-20(28)13-11-19/h5-15,18,22H,4,16H2,1-3H3,(H,29,31). The van der Waals surface area contributed by atoms with Gasteiger partial charge in [0.2, 0.25) is 5.91 Å². The molecule has 0 saturated carbocycles. The number of rotatable bonds is 4. The fraction of sp³-hybridized carbons (Fsp3) is 0.259. The van der Waals surface area contributed by atoms with Crippen molar-refractivity contribution in [3.8, 4) is 0 Å². The lowest BCUT2D eigenvalue weighted by Crippen LogP contribution is -2.43. The van der Waals surface area contributed by atoms with Crippen molar-refractivity contribution in [3.63, 3.8) is 0 Å². The minimum absolute atomic E-state index is 0.0274. The van der Waals surface area contributed by atoms with Gasteiger partial charge in [0.1, 0.15) is 5.82 Å². The molecule has 1 aliphatic heterocycles. The summed E-state index contributed by atoms with van der Waals surface area (Å²) in [5.41, 5.74) is 5.33. The minimum Gasteiger partial charge on any atom is -0.326 e. The Morgan fingerprint density at radius 3 is 2.47 bits per heavy atom. The van der Waals surface area contributed by atoms with Crippen molar-refractivity contribution in [2.75, 3.05) is 10.2 Å². The number of hydrogen-bond donors (Lipinski definition) is 1. The first-order valence-corrected chi connectivity index (χ1v) is 11.0. The highest BCUT2D eigenvalue weighted by Crippen LogP contribution is 2.44. The van der Waals surface area contributed by atoms with Crippen molar-refractivity contribution in [3.05, 3.63) is 94.8 Å². The molecule has 2 amide bonds. The fourth-order valence-electron chi connectivity index (χ4n) is 4.47. The van der Waals surface area contributed by atoms with E-state index in [9.17, 15) is 14.0 Å². The largest absolute Gasteiger partial charge is 0.326 e. The molecule has 2 unspecified atom stereocenters. The monoisotopic (exact) mass is 430 g/mol. The number of hydrogen-bond acceptors (Lipinski definition) is 2. The van der Waals surface area contributed by atoms with Gasteiger partial charge in [0.15, 0.2) is 0 Å². The second-order valence-electron chi connectivity index (χ2n) is 8.37. The van der Waals surface area contributed by atoms with Crippen LogP contribution in [0.5, 0.6) is 0 Å². The Kier molecular flexibility index (Phi) is 6.08. The van der Waals surface area contributed by atoms with Crippen LogP contribution in [0.3, 0.4) is 0 Å². The molecule has 0 fully saturated rings. The molecule has 32 heavy (non-hydrogen) atoms. The molecule has 164 valence electrons. The van der Waals surface area contributed by atoms with Crippen molar-refractivity contribution in [2.45, 2.75) is 45.6 Å². The van der Waals surface area contributed by atoms with Crippen LogP contribution >= 0.6 is 0 Å². The maximum atomic E-state index is 13.4. The molecule has 2 atom stereocenters. The third kappa shape index (κ3) is 4.15. The van der Waals surface area contributed by atoms with Crippen LogP contribution in [-0.2, 0) is 4.79 Å². The highest BCUT2D eigenvalue weighted by atomic mass is 19.1. The second kappa shape index (κ2) is 8.95. The normalized spacial score (nSPS) is 17.6. The van der Waals surface area contributed by atoms with Crippen LogP contribution in [0.25, 0.3) is 0 Å². The van der Waals surface area contributed by atoms with E-state index >= 15 is 0 Å². The van der Waals surface area contributed by atoms with E-state index in [1.807, 2.05) is 57.2 Å². The number of halogens is 1. The lowest BCUT2D eigenvalue weighted by Gasteiger charge is -2.40. The van der Waals surface area contributed by atoms with Crippen LogP contribution < -0.4 is 10.2 Å². The number of aryl methyl sites for hydroxylation is 1. The zero-order chi connectivity index (χ0) is 22.8. The molecular formula is C27H27FN2O2. The van der Waals surface area contributed by atoms with Crippen LogP contribution in [0.1, 0.15) is 59.7 Å². The van der Waals surface area contributed by atoms with Gasteiger partial charge in [0.25, 0.3) is 5.91 Å². The minimum atomic E-state index is -0.366. The number of nitrogens with one attached hydrogen (secondary N) is 1. The highest BCUT2D eigenvalue weighted by molar-refractivity contribution is 6.07. The number of nitrogens with zero attached hydrogens (tertiary/aromatic N) is 1. The Morgan fingerprint density at radius 2 is 1.75 bits per heavy atom. The first kappa shape index (κ1) is 21.8. The quantitative estimate of drug-likeness (QED) is 0.547. The van der Waals surface area contributed by atoms with Crippen LogP contribution in [-0.4, -0.2) is 17.9 Å². The number of benzene rings is 3. The number of para-hydroxylation sites is 1. The maximum absolute atomic E-state index is 13.4. The number of anilines is 2. The smallest absolute Gasteiger partial charge is 0.258 e. The van der Waals surface area contributed by atoms with E-state index in [2.05, 4.69) is 11.4 Å². The van der Waals surface area contributed by atoms with Crippen molar-refractivity contribution in [2.24, 2.45) is 0 Å². The van der Waals surface area contributed by atoms with Gasteiger partial charge in [-0.1, -0.05) is 42.8 Å². The summed E-state index contributed by atoms with van der Waals surface area (Å²) in [5, 5.41) is 3.04. The summed E-state index contributed by atoms with van der Waals surface area (Å²) in [7, 11) is 0. The molecular weight excluding hydrogens is 403 g/mol. The van der Waals surface area contributed by atoms with E-state index in [1.165, 1.54) is 24.3 Å². The van der Waals surface area contributed by atoms with E-state index in [0.717, 1.165) is 28.1 Å². The molecule has 4 rings (SSSR count). The predicted molar refractivity (Wildman–Crippen MR) is 126 cm³/mol. The summed E-state index contributed by atoms with van der Waals surface area (Å²) >= 11 is 0. The zero-order valence-corrected chi connectivity index (χ0v) is 18.6. The third-order valence-electron chi connectivity index (χ3n) is 6.08. The average molecular weight is 431 g/mol. The number of amides is 2. The van der Waals surface area contributed by atoms with Crippen molar-refractivity contribution >= 4 is 23.2 Å². The molecule has 0 bridgehead atoms. The summed E-state index contributed by atoms with van der Waals surface area (Å²) in [4.78, 5) is 27.3. The van der Waals surface area contributed by atoms with Gasteiger partial charge in [0.05, 0.1) is 0 Å². The summed E-state index contributed by atoms with van der Waals surface area (Å²) in [6.07, 6.45) is 1.12. The summed E-state index contributed by atoms with van der Waals surface area (Å²) in [6, 6.07) is 19.6. The molecule has 0 spiro atoms. The van der Waals surface area contributed by atoms with Gasteiger partial charge in [-0.15, -0.1) is 0 Å². The average Bonchev–Trinajstić information content (AvgIpc) is 2.79. The second-order valence-corrected chi connectivity index (χ2v) is 8.37. The van der Waals surface area contributed by atoms with Crippen LogP contribution in [0.4, 0.5) is 15.8 Å². The Labute approximate surface area is 188 Å². The molecule has 1 aliphatic rings. The fourth-order valence-corrected chi connectivity index (χ4v) is 4.47. The first-order chi connectivity index (χ1) is 15.4. The Morgan fingerprint density at radius 1 is 1.03 bits per heavy atom. The van der Waals surface area contributed by atoms with E-state index < -0.39 is 0 Å². The SMILES string of the molecule is CCC(=O)Nc1ccc(C)cc1C1CC(C)N(C(=O)c2ccc(F)cc2)c2ccccc21. The Balaban J connectivity index is 1.78. The lowest BCUT2D eigenvalue weighted by atomic mass is 9.80. The summed E-state index contributed by atoms with van der Waals surface area (Å²) in [6.45, 7) is 5.90. The van der Waals surface area contributed by atoms with E-state index in [4.69, 9.17) is 0 Å². The number of carbonyl (C=O) groups excluding carboxylic acids is 2. The molecule has 0 saturated heterocycles. The molecule has 0 radical (unpaired) electrons. The molecule has 0 aliphatic carbocycles. The van der Waals surface area contributed by atoms with Gasteiger partial charge in [-0.3, -0.25) is 9.59 Å². The lowest BCUT2D eigenvalue weighted by molar-refractivity contribution is -0.115.